The summed E-state index contributed by atoms with van der Waals surface area (Å²) in [6, 6.07) is 4.05. The number of carbonyl (C=O) groups is 1. The monoisotopic (exact) mass is 464 g/mol. The van der Waals surface area contributed by atoms with Crippen LogP contribution in [0.2, 0.25) is 0 Å². The molecule has 1 fully saturated rings. The van der Waals surface area contributed by atoms with Gasteiger partial charge in [-0.3, -0.25) is 14.7 Å². The zero-order chi connectivity index (χ0) is 22.3. The number of fused-ring (bicyclic) bond motifs is 1. The Kier molecular flexibility index (Phi) is 8.02. The number of alkyl halides is 2. The Hall–Kier alpha value is -2.13. The fourth-order valence-electron chi connectivity index (χ4n) is 4.54. The highest BCUT2D eigenvalue weighted by atomic mass is 32.1. The van der Waals surface area contributed by atoms with E-state index in [9.17, 15) is 13.6 Å². The van der Waals surface area contributed by atoms with Gasteiger partial charge in [0.25, 0.3) is 11.6 Å². The van der Waals surface area contributed by atoms with Crippen LogP contribution >= 0.6 is 11.3 Å². The predicted molar refractivity (Wildman–Crippen MR) is 119 cm³/mol. The van der Waals surface area contributed by atoms with Gasteiger partial charge in [0, 0.05) is 36.4 Å². The number of amides is 1. The van der Waals surface area contributed by atoms with Crippen molar-refractivity contribution in [3.63, 3.8) is 0 Å². The van der Waals surface area contributed by atoms with Crippen LogP contribution in [0.25, 0.3) is 0 Å². The summed E-state index contributed by atoms with van der Waals surface area (Å²) in [6.45, 7) is 2.17. The number of carbonyl (C=O) groups excluding carboxylic acids is 1. The highest BCUT2D eigenvalue weighted by Gasteiger charge is 2.25. The molecule has 2 aliphatic rings. The summed E-state index contributed by atoms with van der Waals surface area (Å²) in [7, 11) is 0. The SMILES string of the molecule is O=C(Cc1cccnc1)N[C@H]1CC[C@H](CCN2CCc3sc(OCC(F)F)nc3C2)CC1. The molecule has 4 rings (SSSR count). The molecule has 2 aromatic heterocycles. The Morgan fingerprint density at radius 2 is 2.16 bits per heavy atom. The average molecular weight is 465 g/mol. The molecule has 0 atom stereocenters. The van der Waals surface area contributed by atoms with Crippen LogP contribution in [0.1, 0.15) is 48.2 Å². The number of hydrogen-bond donors (Lipinski definition) is 1. The van der Waals surface area contributed by atoms with Crippen LogP contribution < -0.4 is 10.1 Å². The van der Waals surface area contributed by atoms with Crippen molar-refractivity contribution in [3.8, 4) is 5.19 Å². The molecule has 1 saturated carbocycles. The molecule has 1 aliphatic heterocycles. The van der Waals surface area contributed by atoms with Gasteiger partial charge < -0.3 is 10.1 Å². The van der Waals surface area contributed by atoms with Crippen LogP contribution in [0.15, 0.2) is 24.5 Å². The number of nitrogens with one attached hydrogen (secondary N) is 1. The molecule has 0 saturated heterocycles. The third-order valence-corrected chi connectivity index (χ3v) is 7.34. The first-order valence-electron chi connectivity index (χ1n) is 11.4. The Bertz CT molecular complexity index is 872. The quantitative estimate of drug-likeness (QED) is 0.611. The van der Waals surface area contributed by atoms with Crippen molar-refractivity contribution in [1.29, 1.82) is 0 Å². The van der Waals surface area contributed by atoms with E-state index in [4.69, 9.17) is 4.74 Å². The summed E-state index contributed by atoms with van der Waals surface area (Å²) in [5.74, 6) is 0.758. The van der Waals surface area contributed by atoms with E-state index in [1.165, 1.54) is 11.3 Å². The lowest BCUT2D eigenvalue weighted by atomic mass is 9.84. The van der Waals surface area contributed by atoms with Gasteiger partial charge in [-0.1, -0.05) is 17.4 Å². The molecule has 0 radical (unpaired) electrons. The van der Waals surface area contributed by atoms with Gasteiger partial charge in [0.1, 0.15) is 0 Å². The number of pyridine rings is 1. The van der Waals surface area contributed by atoms with Crippen molar-refractivity contribution in [3.05, 3.63) is 40.7 Å². The molecule has 32 heavy (non-hydrogen) atoms. The molecule has 3 heterocycles. The molecule has 9 heteroatoms. The Balaban J connectivity index is 1.14. The zero-order valence-corrected chi connectivity index (χ0v) is 19.0. The first-order valence-corrected chi connectivity index (χ1v) is 12.2. The number of hydrogen-bond acceptors (Lipinski definition) is 6. The lowest BCUT2D eigenvalue weighted by Crippen LogP contribution is -2.39. The van der Waals surface area contributed by atoms with Crippen LogP contribution in [-0.2, 0) is 24.2 Å². The summed E-state index contributed by atoms with van der Waals surface area (Å²) in [6.07, 6.45) is 7.75. The van der Waals surface area contributed by atoms with E-state index in [1.54, 1.807) is 12.4 Å². The second kappa shape index (κ2) is 11.1. The third-order valence-electron chi connectivity index (χ3n) is 6.27. The lowest BCUT2D eigenvalue weighted by molar-refractivity contribution is -0.121. The van der Waals surface area contributed by atoms with Gasteiger partial charge >= 0.3 is 0 Å². The number of ether oxygens (including phenoxy) is 1. The van der Waals surface area contributed by atoms with Crippen LogP contribution in [0.3, 0.4) is 0 Å². The summed E-state index contributed by atoms with van der Waals surface area (Å²) in [5, 5.41) is 3.54. The van der Waals surface area contributed by atoms with Gasteiger partial charge in [-0.2, -0.15) is 0 Å². The molecule has 0 aromatic carbocycles. The van der Waals surface area contributed by atoms with E-state index in [0.29, 0.717) is 17.5 Å². The van der Waals surface area contributed by atoms with E-state index < -0.39 is 13.0 Å². The van der Waals surface area contributed by atoms with Crippen LogP contribution in [0.4, 0.5) is 8.78 Å². The smallest absolute Gasteiger partial charge is 0.273 e. The molecule has 0 bridgehead atoms. The van der Waals surface area contributed by atoms with E-state index >= 15 is 0 Å². The van der Waals surface area contributed by atoms with E-state index in [-0.39, 0.29) is 11.9 Å². The van der Waals surface area contributed by atoms with E-state index in [1.807, 2.05) is 12.1 Å². The van der Waals surface area contributed by atoms with Crippen molar-refractivity contribution in [2.45, 2.75) is 64.0 Å². The third kappa shape index (κ3) is 6.68. The minimum absolute atomic E-state index is 0.0748. The van der Waals surface area contributed by atoms with Crippen molar-refractivity contribution < 1.29 is 18.3 Å². The van der Waals surface area contributed by atoms with Crippen LogP contribution in [0, 0.1) is 5.92 Å². The molecule has 1 amide bonds. The maximum atomic E-state index is 12.3. The van der Waals surface area contributed by atoms with Gasteiger partial charge in [0.05, 0.1) is 12.1 Å². The normalized spacial score (nSPS) is 21.3. The molecule has 0 spiro atoms. The fraction of sp³-hybridized carbons (Fsp3) is 0.609. The van der Waals surface area contributed by atoms with Gasteiger partial charge in [0.15, 0.2) is 6.61 Å². The molecular weight excluding hydrogens is 434 g/mol. The fourth-order valence-corrected chi connectivity index (χ4v) is 5.46. The minimum Gasteiger partial charge on any atom is -0.464 e. The van der Waals surface area contributed by atoms with Crippen molar-refractivity contribution in [1.82, 2.24) is 20.2 Å². The van der Waals surface area contributed by atoms with E-state index in [2.05, 4.69) is 20.2 Å². The number of thiazole rings is 1. The van der Waals surface area contributed by atoms with Gasteiger partial charge in [-0.05, 0) is 62.6 Å². The van der Waals surface area contributed by atoms with Crippen LogP contribution in [-0.4, -0.2) is 52.9 Å². The maximum Gasteiger partial charge on any atom is 0.273 e. The maximum absolute atomic E-state index is 12.3. The van der Waals surface area contributed by atoms with Gasteiger partial charge in [-0.25, -0.2) is 13.8 Å². The summed E-state index contributed by atoms with van der Waals surface area (Å²) >= 11 is 1.40. The number of halogens is 2. The number of nitrogens with zero attached hydrogens (tertiary/aromatic N) is 3. The molecule has 0 unspecified atom stereocenters. The van der Waals surface area contributed by atoms with Crippen molar-refractivity contribution in [2.24, 2.45) is 5.92 Å². The largest absolute Gasteiger partial charge is 0.464 e. The minimum atomic E-state index is -2.48. The van der Waals surface area contributed by atoms with E-state index in [0.717, 1.165) is 74.3 Å². The summed E-state index contributed by atoms with van der Waals surface area (Å²) in [4.78, 5) is 24.3. The molecule has 1 N–H and O–H groups in total. The second-order valence-corrected chi connectivity index (χ2v) is 9.74. The Morgan fingerprint density at radius 1 is 1.31 bits per heavy atom. The number of rotatable bonds is 9. The molecular formula is C23H30F2N4O2S. The first kappa shape index (κ1) is 23.0. The van der Waals surface area contributed by atoms with Crippen LogP contribution in [0.5, 0.6) is 5.19 Å². The standard InChI is InChI=1S/C23H30F2N4O2S/c24-21(25)15-31-23-28-19-14-29(11-8-20(19)32-23)10-7-16-3-5-18(6-4-16)27-22(30)12-17-2-1-9-26-13-17/h1-2,9,13,16,18,21H,3-8,10-12,14-15H2,(H,27,30)/t16-,18-. The molecule has 174 valence electrons. The summed E-state index contributed by atoms with van der Waals surface area (Å²) in [5.41, 5.74) is 1.92. The van der Waals surface area contributed by atoms with Gasteiger partial charge in [-0.15, -0.1) is 0 Å². The topological polar surface area (TPSA) is 67.4 Å². The molecule has 1 aliphatic carbocycles. The lowest BCUT2D eigenvalue weighted by Gasteiger charge is -2.32. The second-order valence-electron chi connectivity index (χ2n) is 8.69. The number of aromatic nitrogens is 2. The molecule has 6 nitrogen and oxygen atoms in total. The first-order chi connectivity index (χ1) is 15.5. The predicted octanol–water partition coefficient (Wildman–Crippen LogP) is 3.85. The highest BCUT2D eigenvalue weighted by Crippen LogP contribution is 2.31. The Morgan fingerprint density at radius 3 is 2.91 bits per heavy atom. The van der Waals surface area contributed by atoms with Crippen molar-refractivity contribution >= 4 is 17.2 Å². The van der Waals surface area contributed by atoms with Gasteiger partial charge in [0.2, 0.25) is 5.91 Å². The van der Waals surface area contributed by atoms with Crippen molar-refractivity contribution in [2.75, 3.05) is 19.7 Å². The molecule has 2 aromatic rings. The zero-order valence-electron chi connectivity index (χ0n) is 18.1. The summed E-state index contributed by atoms with van der Waals surface area (Å²) < 4.78 is 29.8. The average Bonchev–Trinajstić information content (AvgIpc) is 3.20. The Labute approximate surface area is 191 Å². The highest BCUT2D eigenvalue weighted by molar-refractivity contribution is 7.13.